The summed E-state index contributed by atoms with van der Waals surface area (Å²) in [5, 5.41) is 6.16. The Balaban J connectivity index is 1.82. The molecular weight excluding hydrogens is 334 g/mol. The highest BCUT2D eigenvalue weighted by Gasteiger charge is 2.17. The van der Waals surface area contributed by atoms with Crippen molar-refractivity contribution in [3.8, 4) is 0 Å². The van der Waals surface area contributed by atoms with Crippen molar-refractivity contribution in [2.75, 3.05) is 11.1 Å². The molecule has 0 aliphatic carbocycles. The van der Waals surface area contributed by atoms with Crippen LogP contribution in [0.25, 0.3) is 0 Å². The number of amides is 2. The van der Waals surface area contributed by atoms with Gasteiger partial charge in [-0.15, -0.1) is 0 Å². The van der Waals surface area contributed by atoms with Gasteiger partial charge in [0.25, 0.3) is 0 Å². The Morgan fingerprint density at radius 3 is 1.96 bits per heavy atom. The number of anilines is 2. The van der Waals surface area contributed by atoms with E-state index in [1.54, 1.807) is 18.2 Å². The van der Waals surface area contributed by atoms with Crippen LogP contribution in [0.2, 0.25) is 5.02 Å². The van der Waals surface area contributed by atoms with E-state index in [1.165, 1.54) is 0 Å². The molecule has 0 aliphatic rings. The zero-order valence-corrected chi connectivity index (χ0v) is 14.2. The third kappa shape index (κ3) is 4.31. The smallest absolute Gasteiger partial charge is 0.320 e. The van der Waals surface area contributed by atoms with Crippen LogP contribution in [-0.2, 0) is 0 Å². The molecule has 4 nitrogen and oxygen atoms in total. The number of nitrogens with one attached hydrogen (secondary N) is 2. The van der Waals surface area contributed by atoms with Crippen molar-refractivity contribution in [2.24, 2.45) is 0 Å². The van der Waals surface area contributed by atoms with Crippen molar-refractivity contribution in [2.45, 2.75) is 6.04 Å². The van der Waals surface area contributed by atoms with Crippen LogP contribution < -0.4 is 16.4 Å². The molecular formula is C20H18ClN3O. The molecule has 3 rings (SSSR count). The lowest BCUT2D eigenvalue weighted by molar-refractivity contribution is 0.250. The van der Waals surface area contributed by atoms with E-state index in [0.29, 0.717) is 16.4 Å². The van der Waals surface area contributed by atoms with Gasteiger partial charge in [0.2, 0.25) is 0 Å². The summed E-state index contributed by atoms with van der Waals surface area (Å²) in [4.78, 5) is 12.5. The van der Waals surface area contributed by atoms with E-state index in [1.807, 2.05) is 60.7 Å². The maximum absolute atomic E-state index is 12.5. The second-order valence-electron chi connectivity index (χ2n) is 5.59. The standard InChI is InChI=1S/C20H18ClN3O/c21-17-13-16(22)11-12-18(17)23-20(25)24-19(14-7-3-1-4-8-14)15-9-5-2-6-10-15/h1-13,19H,22H2,(H2,23,24,25). The van der Waals surface area contributed by atoms with Crippen molar-refractivity contribution >= 4 is 29.0 Å². The molecule has 0 unspecified atom stereocenters. The third-order valence-corrected chi connectivity index (χ3v) is 4.10. The molecule has 0 atom stereocenters. The summed E-state index contributed by atoms with van der Waals surface area (Å²) in [5.74, 6) is 0. The molecule has 0 saturated heterocycles. The highest BCUT2D eigenvalue weighted by molar-refractivity contribution is 6.34. The van der Waals surface area contributed by atoms with Crippen LogP contribution in [-0.4, -0.2) is 6.03 Å². The van der Waals surface area contributed by atoms with Gasteiger partial charge >= 0.3 is 6.03 Å². The summed E-state index contributed by atoms with van der Waals surface area (Å²) >= 11 is 6.12. The second kappa shape index (κ2) is 7.73. The molecule has 25 heavy (non-hydrogen) atoms. The average Bonchev–Trinajstić information content (AvgIpc) is 2.63. The van der Waals surface area contributed by atoms with Crippen molar-refractivity contribution in [1.29, 1.82) is 0 Å². The second-order valence-corrected chi connectivity index (χ2v) is 6.00. The van der Waals surface area contributed by atoms with E-state index in [4.69, 9.17) is 17.3 Å². The first kappa shape index (κ1) is 16.9. The summed E-state index contributed by atoms with van der Waals surface area (Å²) < 4.78 is 0. The molecule has 0 radical (unpaired) electrons. The van der Waals surface area contributed by atoms with Crippen molar-refractivity contribution in [3.63, 3.8) is 0 Å². The molecule has 126 valence electrons. The van der Waals surface area contributed by atoms with Gasteiger partial charge in [0, 0.05) is 5.69 Å². The Labute approximate surface area is 151 Å². The van der Waals surface area contributed by atoms with Crippen LogP contribution in [0.4, 0.5) is 16.2 Å². The lowest BCUT2D eigenvalue weighted by Crippen LogP contribution is -2.33. The quantitative estimate of drug-likeness (QED) is 0.589. The number of hydrogen-bond acceptors (Lipinski definition) is 2. The van der Waals surface area contributed by atoms with Crippen LogP contribution in [0.15, 0.2) is 78.9 Å². The fourth-order valence-electron chi connectivity index (χ4n) is 2.57. The van der Waals surface area contributed by atoms with E-state index >= 15 is 0 Å². The first-order valence-corrected chi connectivity index (χ1v) is 8.24. The van der Waals surface area contributed by atoms with E-state index in [2.05, 4.69) is 10.6 Å². The molecule has 3 aromatic carbocycles. The number of halogens is 1. The van der Waals surface area contributed by atoms with Crippen LogP contribution in [0.1, 0.15) is 17.2 Å². The SMILES string of the molecule is Nc1ccc(NC(=O)NC(c2ccccc2)c2ccccc2)c(Cl)c1. The predicted molar refractivity (Wildman–Crippen MR) is 103 cm³/mol. The highest BCUT2D eigenvalue weighted by Crippen LogP contribution is 2.25. The van der Waals surface area contributed by atoms with Gasteiger partial charge in [0.05, 0.1) is 16.8 Å². The summed E-state index contributed by atoms with van der Waals surface area (Å²) in [6.07, 6.45) is 0. The number of nitrogen functional groups attached to an aromatic ring is 1. The molecule has 2 amide bonds. The monoisotopic (exact) mass is 351 g/mol. The molecule has 0 aliphatic heterocycles. The van der Waals surface area contributed by atoms with Crippen LogP contribution in [0.3, 0.4) is 0 Å². The van der Waals surface area contributed by atoms with E-state index in [9.17, 15) is 4.79 Å². The molecule has 0 fully saturated rings. The molecule has 0 heterocycles. The van der Waals surface area contributed by atoms with E-state index in [-0.39, 0.29) is 12.1 Å². The molecule has 0 spiro atoms. The van der Waals surface area contributed by atoms with Gasteiger partial charge in [-0.05, 0) is 29.3 Å². The molecule has 0 bridgehead atoms. The summed E-state index contributed by atoms with van der Waals surface area (Å²) in [5.41, 5.74) is 8.72. The van der Waals surface area contributed by atoms with Crippen molar-refractivity contribution in [3.05, 3.63) is 95.0 Å². The first-order valence-electron chi connectivity index (χ1n) is 7.86. The molecule has 3 aromatic rings. The van der Waals surface area contributed by atoms with Gasteiger partial charge in [0.15, 0.2) is 0 Å². The van der Waals surface area contributed by atoms with Crippen molar-refractivity contribution < 1.29 is 4.79 Å². The largest absolute Gasteiger partial charge is 0.399 e. The fourth-order valence-corrected chi connectivity index (χ4v) is 2.81. The number of urea groups is 1. The lowest BCUT2D eigenvalue weighted by atomic mass is 9.99. The molecule has 0 aromatic heterocycles. The van der Waals surface area contributed by atoms with Crippen LogP contribution in [0.5, 0.6) is 0 Å². The van der Waals surface area contributed by atoms with Gasteiger partial charge in [-0.3, -0.25) is 0 Å². The van der Waals surface area contributed by atoms with Gasteiger partial charge in [-0.1, -0.05) is 72.3 Å². The Bertz CT molecular complexity index is 814. The number of carbonyl (C=O) groups excluding carboxylic acids is 1. The van der Waals surface area contributed by atoms with Gasteiger partial charge in [0.1, 0.15) is 0 Å². The number of benzene rings is 3. The maximum Gasteiger partial charge on any atom is 0.320 e. The molecule has 5 heteroatoms. The minimum atomic E-state index is -0.343. The first-order chi connectivity index (χ1) is 12.1. The van der Waals surface area contributed by atoms with Gasteiger partial charge < -0.3 is 16.4 Å². The summed E-state index contributed by atoms with van der Waals surface area (Å²) in [6.45, 7) is 0. The Morgan fingerprint density at radius 2 is 1.44 bits per heavy atom. The van der Waals surface area contributed by atoms with Gasteiger partial charge in [-0.25, -0.2) is 4.79 Å². The Hall–Kier alpha value is -2.98. The zero-order valence-electron chi connectivity index (χ0n) is 13.4. The number of nitrogens with two attached hydrogens (primary N) is 1. The number of carbonyl (C=O) groups is 1. The minimum Gasteiger partial charge on any atom is -0.399 e. The summed E-state index contributed by atoms with van der Waals surface area (Å²) in [7, 11) is 0. The molecule has 4 N–H and O–H groups in total. The number of hydrogen-bond donors (Lipinski definition) is 3. The molecule has 0 saturated carbocycles. The Morgan fingerprint density at radius 1 is 0.880 bits per heavy atom. The van der Waals surface area contributed by atoms with Crippen LogP contribution >= 0.6 is 11.6 Å². The maximum atomic E-state index is 12.5. The number of rotatable bonds is 4. The topological polar surface area (TPSA) is 67.1 Å². The van der Waals surface area contributed by atoms with E-state index in [0.717, 1.165) is 11.1 Å². The normalized spacial score (nSPS) is 10.5. The Kier molecular flexibility index (Phi) is 5.21. The fraction of sp³-hybridized carbons (Fsp3) is 0.0500. The average molecular weight is 352 g/mol. The minimum absolute atomic E-state index is 0.269. The van der Waals surface area contributed by atoms with Gasteiger partial charge in [-0.2, -0.15) is 0 Å². The highest BCUT2D eigenvalue weighted by atomic mass is 35.5. The lowest BCUT2D eigenvalue weighted by Gasteiger charge is -2.20. The van der Waals surface area contributed by atoms with Crippen molar-refractivity contribution in [1.82, 2.24) is 5.32 Å². The third-order valence-electron chi connectivity index (χ3n) is 3.78. The summed E-state index contributed by atoms with van der Waals surface area (Å²) in [6, 6.07) is 23.9. The predicted octanol–water partition coefficient (Wildman–Crippen LogP) is 4.83. The zero-order chi connectivity index (χ0) is 17.6. The van der Waals surface area contributed by atoms with Crippen LogP contribution in [0, 0.1) is 0 Å². The van der Waals surface area contributed by atoms with E-state index < -0.39 is 0 Å².